The van der Waals surface area contributed by atoms with Gasteiger partial charge in [0, 0.05) is 11.6 Å². The maximum atomic E-state index is 14.3. The third kappa shape index (κ3) is 2.94. The van der Waals surface area contributed by atoms with Crippen LogP contribution in [0.25, 0.3) is 0 Å². The molecule has 0 amide bonds. The minimum absolute atomic E-state index is 0.221. The Bertz CT molecular complexity index is 571. The number of hydrogen-bond acceptors (Lipinski definition) is 4. The molecular formula is C15H18FNO2S. The molecule has 108 valence electrons. The molecule has 1 heterocycles. The summed E-state index contributed by atoms with van der Waals surface area (Å²) >= 11 is 1.55. The van der Waals surface area contributed by atoms with Crippen molar-refractivity contribution < 1.29 is 13.9 Å². The summed E-state index contributed by atoms with van der Waals surface area (Å²) in [6, 6.07) is 6.59. The number of methoxy groups -OCH3 is 2. The zero-order valence-corrected chi connectivity index (χ0v) is 12.6. The Hall–Kier alpha value is -1.59. The van der Waals surface area contributed by atoms with Crippen molar-refractivity contribution in [3.63, 3.8) is 0 Å². The summed E-state index contributed by atoms with van der Waals surface area (Å²) in [5, 5.41) is 5.25. The van der Waals surface area contributed by atoms with Crippen molar-refractivity contribution in [1.29, 1.82) is 0 Å². The zero-order chi connectivity index (χ0) is 14.5. The number of rotatable bonds is 6. The van der Waals surface area contributed by atoms with Crippen LogP contribution in [0, 0.1) is 5.82 Å². The molecule has 3 nitrogen and oxygen atoms in total. The van der Waals surface area contributed by atoms with E-state index >= 15 is 0 Å². The first kappa shape index (κ1) is 14.8. The van der Waals surface area contributed by atoms with Crippen molar-refractivity contribution in [2.75, 3.05) is 20.8 Å². The molecule has 0 aliphatic rings. The Morgan fingerprint density at radius 3 is 2.65 bits per heavy atom. The normalized spacial score (nSPS) is 12.2. The topological polar surface area (TPSA) is 30.5 Å². The molecule has 1 unspecified atom stereocenters. The molecule has 5 heteroatoms. The summed E-state index contributed by atoms with van der Waals surface area (Å²) in [5.41, 5.74) is 0.591. The predicted octanol–water partition coefficient (Wildman–Crippen LogP) is 3.60. The number of ether oxygens (including phenoxy) is 2. The van der Waals surface area contributed by atoms with Crippen LogP contribution in [0.15, 0.2) is 29.6 Å². The highest BCUT2D eigenvalue weighted by molar-refractivity contribution is 7.10. The summed E-state index contributed by atoms with van der Waals surface area (Å²) in [4.78, 5) is 0.971. The highest BCUT2D eigenvalue weighted by Gasteiger charge is 2.22. The van der Waals surface area contributed by atoms with Crippen LogP contribution in [-0.4, -0.2) is 20.8 Å². The molecule has 0 spiro atoms. The standard InChI is InChI=1S/C15H18FNO2S/c1-4-17-14(15-13(19-3)7-8-20-15)11-6-5-10(18-2)9-12(11)16/h5-9,14,17H,4H2,1-3H3. The van der Waals surface area contributed by atoms with Crippen LogP contribution in [-0.2, 0) is 0 Å². The molecule has 0 bridgehead atoms. The number of halogens is 1. The lowest BCUT2D eigenvalue weighted by molar-refractivity contribution is 0.404. The average Bonchev–Trinajstić information content (AvgIpc) is 2.93. The van der Waals surface area contributed by atoms with Gasteiger partial charge < -0.3 is 14.8 Å². The van der Waals surface area contributed by atoms with Crippen LogP contribution < -0.4 is 14.8 Å². The van der Waals surface area contributed by atoms with Crippen molar-refractivity contribution >= 4 is 11.3 Å². The Morgan fingerprint density at radius 2 is 2.05 bits per heavy atom. The summed E-state index contributed by atoms with van der Waals surface area (Å²) in [6.07, 6.45) is 0. The second kappa shape index (κ2) is 6.72. The highest BCUT2D eigenvalue weighted by Crippen LogP contribution is 2.36. The minimum Gasteiger partial charge on any atom is -0.497 e. The van der Waals surface area contributed by atoms with Gasteiger partial charge in [0.05, 0.1) is 25.1 Å². The van der Waals surface area contributed by atoms with Gasteiger partial charge in [0.2, 0.25) is 0 Å². The van der Waals surface area contributed by atoms with E-state index in [-0.39, 0.29) is 11.9 Å². The van der Waals surface area contributed by atoms with Crippen LogP contribution in [0.2, 0.25) is 0 Å². The van der Waals surface area contributed by atoms with Gasteiger partial charge >= 0.3 is 0 Å². The van der Waals surface area contributed by atoms with Crippen LogP contribution in [0.3, 0.4) is 0 Å². The van der Waals surface area contributed by atoms with Gasteiger partial charge in [-0.1, -0.05) is 13.0 Å². The minimum atomic E-state index is -0.286. The molecule has 0 fully saturated rings. The summed E-state index contributed by atoms with van der Waals surface area (Å²) in [7, 11) is 3.15. The molecule has 1 atom stereocenters. The second-order valence-electron chi connectivity index (χ2n) is 4.23. The SMILES string of the molecule is CCNC(c1ccc(OC)cc1F)c1sccc1OC. The smallest absolute Gasteiger partial charge is 0.134 e. The van der Waals surface area contributed by atoms with E-state index in [1.165, 1.54) is 13.2 Å². The molecule has 0 aliphatic heterocycles. The van der Waals surface area contributed by atoms with E-state index in [1.807, 2.05) is 18.4 Å². The number of benzene rings is 1. The fraction of sp³-hybridized carbons (Fsp3) is 0.333. The fourth-order valence-electron chi connectivity index (χ4n) is 2.11. The van der Waals surface area contributed by atoms with Crippen molar-refractivity contribution in [2.45, 2.75) is 13.0 Å². The van der Waals surface area contributed by atoms with Gasteiger partial charge in [0.1, 0.15) is 17.3 Å². The number of nitrogens with one attached hydrogen (secondary N) is 1. The maximum Gasteiger partial charge on any atom is 0.134 e. The van der Waals surface area contributed by atoms with E-state index in [2.05, 4.69) is 5.32 Å². The Balaban J connectivity index is 2.43. The molecule has 1 N–H and O–H groups in total. The van der Waals surface area contributed by atoms with Gasteiger partial charge in [0.15, 0.2) is 0 Å². The predicted molar refractivity (Wildman–Crippen MR) is 79.3 cm³/mol. The van der Waals surface area contributed by atoms with E-state index in [1.54, 1.807) is 30.6 Å². The molecule has 1 aromatic carbocycles. The van der Waals surface area contributed by atoms with Gasteiger partial charge in [-0.15, -0.1) is 11.3 Å². The quantitative estimate of drug-likeness (QED) is 0.883. The lowest BCUT2D eigenvalue weighted by atomic mass is 10.0. The van der Waals surface area contributed by atoms with E-state index in [9.17, 15) is 4.39 Å². The lowest BCUT2D eigenvalue weighted by Gasteiger charge is -2.19. The summed E-state index contributed by atoms with van der Waals surface area (Å²) in [5.74, 6) is 1.00. The molecule has 0 saturated carbocycles. The molecule has 20 heavy (non-hydrogen) atoms. The lowest BCUT2D eigenvalue weighted by Crippen LogP contribution is -2.22. The summed E-state index contributed by atoms with van der Waals surface area (Å²) < 4.78 is 24.7. The van der Waals surface area contributed by atoms with Crippen LogP contribution >= 0.6 is 11.3 Å². The van der Waals surface area contributed by atoms with Crippen LogP contribution in [0.4, 0.5) is 4.39 Å². The second-order valence-corrected chi connectivity index (χ2v) is 5.18. The Kier molecular flexibility index (Phi) is 4.98. The fourth-order valence-corrected chi connectivity index (χ4v) is 3.06. The first-order chi connectivity index (χ1) is 9.71. The first-order valence-electron chi connectivity index (χ1n) is 6.39. The monoisotopic (exact) mass is 295 g/mol. The Morgan fingerprint density at radius 1 is 1.25 bits per heavy atom. The van der Waals surface area contributed by atoms with Gasteiger partial charge in [0.25, 0.3) is 0 Å². The van der Waals surface area contributed by atoms with E-state index in [0.29, 0.717) is 11.3 Å². The van der Waals surface area contributed by atoms with Gasteiger partial charge in [-0.05, 0) is 24.1 Å². The molecule has 2 aromatic rings. The molecule has 0 saturated heterocycles. The van der Waals surface area contributed by atoms with Gasteiger partial charge in [-0.2, -0.15) is 0 Å². The largest absolute Gasteiger partial charge is 0.497 e. The van der Waals surface area contributed by atoms with Crippen molar-refractivity contribution in [1.82, 2.24) is 5.32 Å². The number of thiophene rings is 1. The average molecular weight is 295 g/mol. The maximum absolute atomic E-state index is 14.3. The molecule has 0 aliphatic carbocycles. The van der Waals surface area contributed by atoms with Crippen LogP contribution in [0.1, 0.15) is 23.4 Å². The van der Waals surface area contributed by atoms with Crippen LogP contribution in [0.5, 0.6) is 11.5 Å². The van der Waals surface area contributed by atoms with E-state index in [0.717, 1.165) is 17.2 Å². The molecule has 1 aromatic heterocycles. The van der Waals surface area contributed by atoms with Crippen molar-refractivity contribution in [3.05, 3.63) is 45.9 Å². The molecule has 0 radical (unpaired) electrons. The first-order valence-corrected chi connectivity index (χ1v) is 7.27. The van der Waals surface area contributed by atoms with Crippen molar-refractivity contribution in [2.24, 2.45) is 0 Å². The molecular weight excluding hydrogens is 277 g/mol. The zero-order valence-electron chi connectivity index (χ0n) is 11.8. The van der Waals surface area contributed by atoms with Gasteiger partial charge in [-0.3, -0.25) is 0 Å². The van der Waals surface area contributed by atoms with E-state index in [4.69, 9.17) is 9.47 Å². The third-order valence-corrected chi connectivity index (χ3v) is 4.03. The van der Waals surface area contributed by atoms with Crippen molar-refractivity contribution in [3.8, 4) is 11.5 Å². The summed E-state index contributed by atoms with van der Waals surface area (Å²) in [6.45, 7) is 2.73. The van der Waals surface area contributed by atoms with Gasteiger partial charge in [-0.25, -0.2) is 4.39 Å². The highest BCUT2D eigenvalue weighted by atomic mass is 32.1. The van der Waals surface area contributed by atoms with E-state index < -0.39 is 0 Å². The third-order valence-electron chi connectivity index (χ3n) is 3.07. The Labute approximate surface area is 122 Å². The number of hydrogen-bond donors (Lipinski definition) is 1. The molecule has 2 rings (SSSR count).